The molecule has 39 heavy (non-hydrogen) atoms. The average molecular weight is 519 g/mol. The van der Waals surface area contributed by atoms with Gasteiger partial charge in [0.05, 0.1) is 5.54 Å². The Bertz CT molecular complexity index is 1370. The van der Waals surface area contributed by atoms with E-state index in [0.29, 0.717) is 0 Å². The van der Waals surface area contributed by atoms with E-state index in [9.17, 15) is 9.90 Å². The van der Waals surface area contributed by atoms with E-state index < -0.39 is 28.9 Å². The Morgan fingerprint density at radius 1 is 0.795 bits per heavy atom. The van der Waals surface area contributed by atoms with Crippen molar-refractivity contribution in [2.24, 2.45) is 0 Å². The molecule has 6 rings (SSSR count). The summed E-state index contributed by atoms with van der Waals surface area (Å²) in [5.41, 5.74) is 1.77. The number of likely N-dealkylation sites (tertiary alicyclic amines) is 1. The summed E-state index contributed by atoms with van der Waals surface area (Å²) in [5, 5.41) is 16.1. The van der Waals surface area contributed by atoms with E-state index in [4.69, 9.17) is 4.74 Å². The number of esters is 1. The van der Waals surface area contributed by atoms with Crippen molar-refractivity contribution in [3.8, 4) is 0 Å². The number of nitrogens with one attached hydrogen (secondary N) is 1. The molecule has 1 fully saturated rings. The third kappa shape index (κ3) is 4.05. The number of fused-ring (bicyclic) bond motifs is 3. The van der Waals surface area contributed by atoms with E-state index in [1.165, 1.54) is 0 Å². The van der Waals surface area contributed by atoms with Gasteiger partial charge in [-0.15, -0.1) is 0 Å². The molecule has 0 spiro atoms. The first-order chi connectivity index (χ1) is 18.7. The molecule has 1 saturated heterocycles. The van der Waals surface area contributed by atoms with Gasteiger partial charge in [0.15, 0.2) is 0 Å². The summed E-state index contributed by atoms with van der Waals surface area (Å²) in [6.45, 7) is 5.64. The van der Waals surface area contributed by atoms with Gasteiger partial charge in [0.25, 0.3) is 0 Å². The van der Waals surface area contributed by atoms with Crippen molar-refractivity contribution in [3.63, 3.8) is 0 Å². The van der Waals surface area contributed by atoms with Crippen molar-refractivity contribution in [2.75, 3.05) is 5.32 Å². The van der Waals surface area contributed by atoms with Crippen LogP contribution in [-0.2, 0) is 20.7 Å². The van der Waals surface area contributed by atoms with Gasteiger partial charge in [0.1, 0.15) is 23.4 Å². The lowest BCUT2D eigenvalue weighted by Gasteiger charge is -2.48. The Morgan fingerprint density at radius 2 is 1.26 bits per heavy atom. The Labute approximate surface area is 230 Å². The zero-order chi connectivity index (χ0) is 27.3. The third-order valence-electron chi connectivity index (χ3n) is 7.90. The van der Waals surface area contributed by atoms with Crippen molar-refractivity contribution in [1.82, 2.24) is 4.90 Å². The Kier molecular flexibility index (Phi) is 6.09. The second-order valence-corrected chi connectivity index (χ2v) is 11.5. The van der Waals surface area contributed by atoms with Crippen LogP contribution < -0.4 is 5.32 Å². The number of carbonyl (C=O) groups is 1. The number of ether oxygens (including phenoxy) is 1. The molecule has 5 nitrogen and oxygen atoms in total. The number of nitrogens with zero attached hydrogens (tertiary/aromatic N) is 1. The molecule has 4 aromatic rings. The molecular weight excluding hydrogens is 484 g/mol. The third-order valence-corrected chi connectivity index (χ3v) is 7.90. The number of aliphatic hydroxyl groups is 1. The largest absolute Gasteiger partial charge is 0.459 e. The molecule has 0 aliphatic carbocycles. The van der Waals surface area contributed by atoms with E-state index in [2.05, 4.69) is 46.6 Å². The smallest absolute Gasteiger partial charge is 0.324 e. The van der Waals surface area contributed by atoms with Crippen LogP contribution in [0.1, 0.15) is 49.4 Å². The van der Waals surface area contributed by atoms with E-state index in [-0.39, 0.29) is 12.4 Å². The van der Waals surface area contributed by atoms with Crippen LogP contribution in [0.15, 0.2) is 115 Å². The van der Waals surface area contributed by atoms with Crippen molar-refractivity contribution in [2.45, 2.75) is 56.1 Å². The van der Waals surface area contributed by atoms with Gasteiger partial charge in [-0.3, -0.25) is 4.79 Å². The highest BCUT2D eigenvalue weighted by molar-refractivity contribution is 5.79. The van der Waals surface area contributed by atoms with Crippen molar-refractivity contribution in [3.05, 3.63) is 138 Å². The first kappa shape index (κ1) is 25.4. The van der Waals surface area contributed by atoms with Gasteiger partial charge in [0, 0.05) is 17.7 Å². The molecule has 0 saturated carbocycles. The monoisotopic (exact) mass is 518 g/mol. The zero-order valence-electron chi connectivity index (χ0n) is 22.5. The SMILES string of the molecule is CC(C)(C)OC(=O)[C@@H]1C[C@@]2(O)c3ccccc3N[C@H]2N1C(c1ccccc1)(c1ccccc1)c1ccccc1. The highest BCUT2D eigenvalue weighted by atomic mass is 16.6. The van der Waals surface area contributed by atoms with Gasteiger partial charge in [-0.05, 0) is 43.5 Å². The highest BCUT2D eigenvalue weighted by Crippen LogP contribution is 2.56. The van der Waals surface area contributed by atoms with Crippen LogP contribution in [-0.4, -0.2) is 33.8 Å². The lowest BCUT2D eigenvalue weighted by Crippen LogP contribution is -2.59. The first-order valence-electron chi connectivity index (χ1n) is 13.5. The molecule has 0 unspecified atom stereocenters. The summed E-state index contributed by atoms with van der Waals surface area (Å²) < 4.78 is 6.03. The lowest BCUT2D eigenvalue weighted by molar-refractivity contribution is -0.162. The Hall–Kier alpha value is -3.93. The molecule has 0 amide bonds. The molecule has 2 aliphatic heterocycles. The summed E-state index contributed by atoms with van der Waals surface area (Å²) >= 11 is 0. The highest BCUT2D eigenvalue weighted by Gasteiger charge is 2.65. The van der Waals surface area contributed by atoms with Crippen LogP contribution in [0, 0.1) is 0 Å². The van der Waals surface area contributed by atoms with Gasteiger partial charge in [0.2, 0.25) is 0 Å². The second kappa shape index (κ2) is 9.37. The summed E-state index contributed by atoms with van der Waals surface area (Å²) in [7, 11) is 0. The predicted molar refractivity (Wildman–Crippen MR) is 153 cm³/mol. The summed E-state index contributed by atoms with van der Waals surface area (Å²) in [6, 6.07) is 37.9. The van der Waals surface area contributed by atoms with Gasteiger partial charge < -0.3 is 15.2 Å². The average Bonchev–Trinajstić information content (AvgIpc) is 3.39. The standard InChI is InChI=1S/C34H34N2O3/c1-32(2,3)39-30(37)29-23-33(38)27-21-13-14-22-28(27)35-31(33)36(29)34(24-15-7-4-8-16-24,25-17-9-5-10-18-25)26-19-11-6-12-20-26/h4-22,29,31,35,38H,23H2,1-3H3/t29-,31-,33+/m0/s1. The molecule has 198 valence electrons. The normalized spacial score (nSPS) is 22.6. The summed E-state index contributed by atoms with van der Waals surface area (Å²) in [4.78, 5) is 16.3. The lowest BCUT2D eigenvalue weighted by atomic mass is 9.75. The van der Waals surface area contributed by atoms with Gasteiger partial charge in [-0.1, -0.05) is 109 Å². The fourth-order valence-corrected chi connectivity index (χ4v) is 6.47. The zero-order valence-corrected chi connectivity index (χ0v) is 22.5. The number of rotatable bonds is 5. The maximum Gasteiger partial charge on any atom is 0.324 e. The number of carbonyl (C=O) groups excluding carboxylic acids is 1. The van der Waals surface area contributed by atoms with E-state index >= 15 is 0 Å². The number of benzene rings is 4. The molecule has 5 heteroatoms. The fourth-order valence-electron chi connectivity index (χ4n) is 6.47. The van der Waals surface area contributed by atoms with Gasteiger partial charge in [-0.2, -0.15) is 0 Å². The minimum absolute atomic E-state index is 0.199. The molecular formula is C34H34N2O3. The minimum Gasteiger partial charge on any atom is -0.459 e. The fraction of sp³-hybridized carbons (Fsp3) is 0.265. The molecule has 2 aliphatic rings. The van der Waals surface area contributed by atoms with Crippen LogP contribution in [0.25, 0.3) is 0 Å². The van der Waals surface area contributed by atoms with Crippen LogP contribution in [0.2, 0.25) is 0 Å². The number of anilines is 1. The minimum atomic E-state index is -1.30. The Balaban J connectivity index is 1.67. The molecule has 2 N–H and O–H groups in total. The molecule has 0 bridgehead atoms. The molecule has 0 aromatic heterocycles. The van der Waals surface area contributed by atoms with Gasteiger partial charge >= 0.3 is 5.97 Å². The maximum atomic E-state index is 14.1. The first-order valence-corrected chi connectivity index (χ1v) is 13.5. The molecule has 0 radical (unpaired) electrons. The van der Waals surface area contributed by atoms with Crippen LogP contribution >= 0.6 is 0 Å². The van der Waals surface area contributed by atoms with E-state index in [0.717, 1.165) is 27.9 Å². The van der Waals surface area contributed by atoms with Crippen LogP contribution in [0.4, 0.5) is 5.69 Å². The van der Waals surface area contributed by atoms with Crippen molar-refractivity contribution in [1.29, 1.82) is 0 Å². The van der Waals surface area contributed by atoms with Crippen LogP contribution in [0.5, 0.6) is 0 Å². The van der Waals surface area contributed by atoms with Crippen molar-refractivity contribution < 1.29 is 14.6 Å². The summed E-state index contributed by atoms with van der Waals surface area (Å²) in [6.07, 6.45) is -0.391. The number of hydrogen-bond acceptors (Lipinski definition) is 5. The van der Waals surface area contributed by atoms with Gasteiger partial charge in [-0.25, -0.2) is 4.90 Å². The number of hydrogen-bond donors (Lipinski definition) is 2. The second-order valence-electron chi connectivity index (χ2n) is 11.5. The van der Waals surface area contributed by atoms with E-state index in [1.807, 2.05) is 99.6 Å². The Morgan fingerprint density at radius 3 is 1.74 bits per heavy atom. The molecule has 3 atom stereocenters. The quantitative estimate of drug-likeness (QED) is 0.249. The summed E-state index contributed by atoms with van der Waals surface area (Å²) in [5.74, 6) is -0.350. The molecule has 4 aromatic carbocycles. The topological polar surface area (TPSA) is 61.8 Å². The maximum absolute atomic E-state index is 14.1. The van der Waals surface area contributed by atoms with Crippen LogP contribution in [0.3, 0.4) is 0 Å². The van der Waals surface area contributed by atoms with E-state index in [1.54, 1.807) is 0 Å². The predicted octanol–water partition coefficient (Wildman–Crippen LogP) is 6.03. The van der Waals surface area contributed by atoms with Crippen molar-refractivity contribution >= 4 is 11.7 Å². The number of para-hydroxylation sites is 1. The molecule has 2 heterocycles.